The molecule has 0 aliphatic carbocycles. The van der Waals surface area contributed by atoms with Crippen LogP contribution in [-0.2, 0) is 4.79 Å². The van der Waals surface area contributed by atoms with Gasteiger partial charge in [0.15, 0.2) is 0 Å². The number of carbonyl (C=O) groups is 3. The summed E-state index contributed by atoms with van der Waals surface area (Å²) in [5.74, 6) is -0.625. The number of aryl methyl sites for hydroxylation is 1. The number of likely N-dealkylation sites (tertiary alicyclic amines) is 2. The van der Waals surface area contributed by atoms with Crippen LogP contribution in [0.3, 0.4) is 0 Å². The lowest BCUT2D eigenvalue weighted by Gasteiger charge is -2.30. The Morgan fingerprint density at radius 3 is 2.36 bits per heavy atom. The molecule has 0 bridgehead atoms. The van der Waals surface area contributed by atoms with Gasteiger partial charge in [0.25, 0.3) is 11.8 Å². The first-order valence-corrected chi connectivity index (χ1v) is 12.3. The van der Waals surface area contributed by atoms with Crippen molar-refractivity contribution in [2.45, 2.75) is 32.6 Å². The second-order valence-corrected chi connectivity index (χ2v) is 9.62. The highest BCUT2D eigenvalue weighted by Crippen LogP contribution is 2.21. The zero-order chi connectivity index (χ0) is 23.2. The number of nitrogens with zero attached hydrogens (tertiary/aromatic N) is 4. The van der Waals surface area contributed by atoms with Gasteiger partial charge in [0.05, 0.1) is 0 Å². The quantitative estimate of drug-likeness (QED) is 0.642. The van der Waals surface area contributed by atoms with E-state index < -0.39 is 0 Å². The summed E-state index contributed by atoms with van der Waals surface area (Å²) in [5.41, 5.74) is 1.76. The lowest BCUT2D eigenvalue weighted by atomic mass is 9.96. The average Bonchev–Trinajstić information content (AvgIpc) is 3.53. The molecule has 3 heterocycles. The second kappa shape index (κ2) is 10.8. The maximum absolute atomic E-state index is 12.8. The highest BCUT2D eigenvalue weighted by Gasteiger charge is 2.30. The van der Waals surface area contributed by atoms with Gasteiger partial charge in [0, 0.05) is 37.8 Å². The van der Waals surface area contributed by atoms with E-state index in [4.69, 9.17) is 0 Å². The van der Waals surface area contributed by atoms with Gasteiger partial charge in [-0.25, -0.2) is 0 Å². The number of amides is 3. The predicted octanol–water partition coefficient (Wildman–Crippen LogP) is 2.16. The molecule has 0 saturated carbocycles. The highest BCUT2D eigenvalue weighted by atomic mass is 32.1. The molecule has 1 aromatic heterocycles. The maximum Gasteiger partial charge on any atom is 0.286 e. The molecule has 33 heavy (non-hydrogen) atoms. The van der Waals surface area contributed by atoms with E-state index in [1.807, 2.05) is 31.2 Å². The van der Waals surface area contributed by atoms with E-state index in [0.717, 1.165) is 36.5 Å². The van der Waals surface area contributed by atoms with Crippen LogP contribution in [0, 0.1) is 12.8 Å². The molecular weight excluding hydrogens is 440 g/mol. The molecule has 0 unspecified atom stereocenters. The largest absolute Gasteiger partial charge is 0.355 e. The Balaban J connectivity index is 1.23. The van der Waals surface area contributed by atoms with Crippen LogP contribution in [0.2, 0.25) is 0 Å². The molecule has 0 spiro atoms. The zero-order valence-corrected chi connectivity index (χ0v) is 19.7. The van der Waals surface area contributed by atoms with Gasteiger partial charge in [0.2, 0.25) is 15.9 Å². The third-order valence-corrected chi connectivity index (χ3v) is 7.10. The van der Waals surface area contributed by atoms with E-state index in [0.29, 0.717) is 38.2 Å². The van der Waals surface area contributed by atoms with E-state index in [-0.39, 0.29) is 33.7 Å². The van der Waals surface area contributed by atoms with Gasteiger partial charge >= 0.3 is 0 Å². The Labute approximate surface area is 197 Å². The third-order valence-electron chi connectivity index (χ3n) is 6.19. The van der Waals surface area contributed by atoms with Crippen LogP contribution in [-0.4, -0.2) is 77.0 Å². The first-order chi connectivity index (χ1) is 16.0. The summed E-state index contributed by atoms with van der Waals surface area (Å²) in [6, 6.07) is 7.43. The molecular formula is C23H30N6O3S. The zero-order valence-electron chi connectivity index (χ0n) is 18.9. The van der Waals surface area contributed by atoms with Gasteiger partial charge in [-0.1, -0.05) is 29.0 Å². The van der Waals surface area contributed by atoms with E-state index in [1.54, 1.807) is 4.90 Å². The van der Waals surface area contributed by atoms with Crippen molar-refractivity contribution in [2.24, 2.45) is 5.92 Å². The highest BCUT2D eigenvalue weighted by molar-refractivity contribution is 7.15. The summed E-state index contributed by atoms with van der Waals surface area (Å²) in [7, 11) is 0. The molecule has 2 aliphatic heterocycles. The van der Waals surface area contributed by atoms with Crippen LogP contribution in [0.15, 0.2) is 24.3 Å². The Hall–Kier alpha value is -2.85. The number of aromatic nitrogens is 2. The topological polar surface area (TPSA) is 108 Å². The van der Waals surface area contributed by atoms with Crippen molar-refractivity contribution in [3.63, 3.8) is 0 Å². The van der Waals surface area contributed by atoms with E-state index in [9.17, 15) is 14.4 Å². The van der Waals surface area contributed by atoms with Crippen LogP contribution < -0.4 is 10.6 Å². The first-order valence-electron chi connectivity index (χ1n) is 11.5. The van der Waals surface area contributed by atoms with Crippen LogP contribution in [0.5, 0.6) is 0 Å². The number of hydrogen-bond acceptors (Lipinski definition) is 7. The molecule has 0 radical (unpaired) electrons. The number of benzene rings is 1. The molecule has 2 aromatic rings. The van der Waals surface area contributed by atoms with Gasteiger partial charge < -0.3 is 20.4 Å². The Bertz CT molecular complexity index is 978. The first kappa shape index (κ1) is 23.3. The summed E-state index contributed by atoms with van der Waals surface area (Å²) >= 11 is 0.986. The summed E-state index contributed by atoms with van der Waals surface area (Å²) < 4.78 is 0. The number of carbonyl (C=O) groups excluding carboxylic acids is 3. The molecule has 0 atom stereocenters. The molecule has 10 heteroatoms. The standard InChI is InChI=1S/C23H30N6O3S/c1-16-4-6-18(7-5-16)25-20(31)21-26-27-22(33-21)23(32)29-13-8-17(9-14-29)19(30)24-10-15-28-11-2-3-12-28/h4-7,17H,2-3,8-15H2,1H3,(H,24,30)(H,25,31). The maximum atomic E-state index is 12.8. The van der Waals surface area contributed by atoms with Crippen molar-refractivity contribution in [1.29, 1.82) is 0 Å². The summed E-state index contributed by atoms with van der Waals surface area (Å²) in [5, 5.41) is 14.0. The van der Waals surface area contributed by atoms with Crippen LogP contribution >= 0.6 is 11.3 Å². The minimum atomic E-state index is -0.389. The minimum Gasteiger partial charge on any atom is -0.355 e. The van der Waals surface area contributed by atoms with E-state index >= 15 is 0 Å². The number of rotatable bonds is 7. The lowest BCUT2D eigenvalue weighted by molar-refractivity contribution is -0.126. The molecule has 2 N–H and O–H groups in total. The van der Waals surface area contributed by atoms with Gasteiger partial charge in [-0.3, -0.25) is 14.4 Å². The van der Waals surface area contributed by atoms with Crippen LogP contribution in [0.25, 0.3) is 0 Å². The SMILES string of the molecule is Cc1ccc(NC(=O)c2nnc(C(=O)N3CCC(C(=O)NCCN4CCCC4)CC3)s2)cc1. The van der Waals surface area contributed by atoms with Gasteiger partial charge in [-0.15, -0.1) is 10.2 Å². The van der Waals surface area contributed by atoms with E-state index in [1.165, 1.54) is 12.8 Å². The smallest absolute Gasteiger partial charge is 0.286 e. The normalized spacial score (nSPS) is 17.2. The molecule has 1 aromatic carbocycles. The molecule has 9 nitrogen and oxygen atoms in total. The Kier molecular flexibility index (Phi) is 7.66. The van der Waals surface area contributed by atoms with Crippen LogP contribution in [0.4, 0.5) is 5.69 Å². The minimum absolute atomic E-state index is 0.0714. The molecule has 2 saturated heterocycles. The van der Waals surface area contributed by atoms with Crippen molar-refractivity contribution in [2.75, 3.05) is 44.6 Å². The second-order valence-electron chi connectivity index (χ2n) is 8.64. The number of hydrogen-bond donors (Lipinski definition) is 2. The summed E-state index contributed by atoms with van der Waals surface area (Å²) in [6.45, 7) is 6.78. The van der Waals surface area contributed by atoms with Gasteiger partial charge in [0.1, 0.15) is 0 Å². The van der Waals surface area contributed by atoms with Crippen molar-refractivity contribution < 1.29 is 14.4 Å². The number of anilines is 1. The number of nitrogens with one attached hydrogen (secondary N) is 2. The number of piperidine rings is 1. The fourth-order valence-corrected chi connectivity index (χ4v) is 4.90. The van der Waals surface area contributed by atoms with Gasteiger partial charge in [-0.2, -0.15) is 0 Å². The van der Waals surface area contributed by atoms with Crippen molar-refractivity contribution in [1.82, 2.24) is 25.3 Å². The third kappa shape index (κ3) is 6.14. The molecule has 176 valence electrons. The van der Waals surface area contributed by atoms with Crippen molar-refractivity contribution >= 4 is 34.7 Å². The molecule has 3 amide bonds. The molecule has 2 fully saturated rings. The fourth-order valence-electron chi connectivity index (χ4n) is 4.19. The van der Waals surface area contributed by atoms with E-state index in [2.05, 4.69) is 25.7 Å². The van der Waals surface area contributed by atoms with Crippen LogP contribution in [0.1, 0.15) is 50.9 Å². The molecule has 2 aliphatic rings. The predicted molar refractivity (Wildman–Crippen MR) is 126 cm³/mol. The fraction of sp³-hybridized carbons (Fsp3) is 0.522. The average molecular weight is 471 g/mol. The Morgan fingerprint density at radius 2 is 1.67 bits per heavy atom. The molecule has 4 rings (SSSR count). The van der Waals surface area contributed by atoms with Gasteiger partial charge in [-0.05, 0) is 57.8 Å². The summed E-state index contributed by atoms with van der Waals surface area (Å²) in [4.78, 5) is 41.8. The summed E-state index contributed by atoms with van der Waals surface area (Å²) in [6.07, 6.45) is 3.74. The monoisotopic (exact) mass is 470 g/mol. The van der Waals surface area contributed by atoms with Crippen molar-refractivity contribution in [3.8, 4) is 0 Å². The van der Waals surface area contributed by atoms with Crippen molar-refractivity contribution in [3.05, 3.63) is 39.8 Å². The Morgan fingerprint density at radius 1 is 1.00 bits per heavy atom. The lowest BCUT2D eigenvalue weighted by Crippen LogP contribution is -2.44.